The Hall–Kier alpha value is -2.44. The average Bonchev–Trinajstić information content (AvgIpc) is 3.51. The first-order valence-electron chi connectivity index (χ1n) is 9.40. The summed E-state index contributed by atoms with van der Waals surface area (Å²) in [4.78, 5) is 26.1. The van der Waals surface area contributed by atoms with Crippen LogP contribution < -0.4 is 20.1 Å². The van der Waals surface area contributed by atoms with Gasteiger partial charge in [-0.1, -0.05) is 12.1 Å². The molecule has 3 amide bonds. The molecule has 0 unspecified atom stereocenters. The number of ether oxygens (including phenoxy) is 2. The first-order valence-corrected chi connectivity index (χ1v) is 9.40. The summed E-state index contributed by atoms with van der Waals surface area (Å²) in [6.07, 6.45) is 3.49. The van der Waals surface area contributed by atoms with E-state index >= 15 is 0 Å². The topological polar surface area (TPSA) is 79.9 Å². The van der Waals surface area contributed by atoms with Gasteiger partial charge in [0.15, 0.2) is 17.6 Å². The minimum atomic E-state index is -0.200. The van der Waals surface area contributed by atoms with Crippen LogP contribution >= 0.6 is 0 Å². The van der Waals surface area contributed by atoms with Crippen LogP contribution in [0.2, 0.25) is 0 Å². The molecular formula is C19H25N3O4. The van der Waals surface area contributed by atoms with Crippen LogP contribution in [-0.2, 0) is 4.79 Å². The van der Waals surface area contributed by atoms with Gasteiger partial charge in [0.2, 0.25) is 5.91 Å². The lowest BCUT2D eigenvalue weighted by atomic mass is 10.0. The van der Waals surface area contributed by atoms with E-state index in [9.17, 15) is 9.59 Å². The molecule has 3 aliphatic rings. The van der Waals surface area contributed by atoms with Gasteiger partial charge in [-0.2, -0.15) is 0 Å². The van der Waals surface area contributed by atoms with E-state index in [-0.39, 0.29) is 24.1 Å². The molecule has 0 radical (unpaired) electrons. The Morgan fingerprint density at radius 1 is 1.08 bits per heavy atom. The second kappa shape index (κ2) is 7.43. The lowest BCUT2D eigenvalue weighted by Crippen LogP contribution is -2.51. The fraction of sp³-hybridized carbons (Fsp3) is 0.579. The molecule has 7 heteroatoms. The summed E-state index contributed by atoms with van der Waals surface area (Å²) in [5.74, 6) is 2.01. The van der Waals surface area contributed by atoms with Gasteiger partial charge in [-0.05, 0) is 37.8 Å². The van der Waals surface area contributed by atoms with Crippen LogP contribution in [0.4, 0.5) is 4.79 Å². The van der Waals surface area contributed by atoms with Crippen LogP contribution in [0.1, 0.15) is 25.7 Å². The van der Waals surface area contributed by atoms with Crippen LogP contribution in [-0.4, -0.2) is 55.2 Å². The number of nitrogens with one attached hydrogen (secondary N) is 2. The summed E-state index contributed by atoms with van der Waals surface area (Å²) in [6.45, 7) is 2.27. The number of amides is 3. The zero-order chi connectivity index (χ0) is 17.9. The van der Waals surface area contributed by atoms with E-state index in [4.69, 9.17) is 9.47 Å². The van der Waals surface area contributed by atoms with Crippen LogP contribution in [0, 0.1) is 5.92 Å². The molecular weight excluding hydrogens is 334 g/mol. The van der Waals surface area contributed by atoms with E-state index in [0.717, 1.165) is 44.5 Å². The van der Waals surface area contributed by atoms with E-state index in [1.54, 1.807) is 0 Å². The van der Waals surface area contributed by atoms with E-state index in [1.165, 1.54) is 0 Å². The molecule has 0 spiro atoms. The van der Waals surface area contributed by atoms with Crippen molar-refractivity contribution in [2.45, 2.75) is 37.8 Å². The van der Waals surface area contributed by atoms with Crippen molar-refractivity contribution in [3.63, 3.8) is 0 Å². The maximum Gasteiger partial charge on any atom is 0.315 e. The molecule has 2 N–H and O–H groups in total. The minimum Gasteiger partial charge on any atom is -0.486 e. The number of nitrogens with zero attached hydrogens (tertiary/aromatic N) is 1. The highest BCUT2D eigenvalue weighted by molar-refractivity contribution is 5.81. The standard InChI is InChI=1S/C19H25N3O4/c23-18(13-5-6-13)22-9-7-14(8-10-22)21-19(24)20-11-15-12-25-16-3-1-2-4-17(16)26-15/h1-4,13-15H,5-12H2,(H2,20,21,24)/t15-/m0/s1. The molecule has 1 saturated carbocycles. The monoisotopic (exact) mass is 359 g/mol. The van der Waals surface area contributed by atoms with E-state index in [0.29, 0.717) is 24.8 Å². The quantitative estimate of drug-likeness (QED) is 0.854. The molecule has 1 aromatic carbocycles. The summed E-state index contributed by atoms with van der Waals surface area (Å²) in [7, 11) is 0. The normalized spacial score (nSPS) is 22.6. The average molecular weight is 359 g/mol. The van der Waals surface area contributed by atoms with Gasteiger partial charge in [-0.15, -0.1) is 0 Å². The Morgan fingerprint density at radius 2 is 1.81 bits per heavy atom. The van der Waals surface area contributed by atoms with Gasteiger partial charge in [0, 0.05) is 25.0 Å². The second-order valence-electron chi connectivity index (χ2n) is 7.23. The van der Waals surface area contributed by atoms with E-state index < -0.39 is 0 Å². The van der Waals surface area contributed by atoms with Crippen molar-refractivity contribution < 1.29 is 19.1 Å². The summed E-state index contributed by atoms with van der Waals surface area (Å²) in [6, 6.07) is 7.44. The van der Waals surface area contributed by atoms with Gasteiger partial charge in [0.1, 0.15) is 6.61 Å². The van der Waals surface area contributed by atoms with Crippen molar-refractivity contribution in [3.05, 3.63) is 24.3 Å². The Kier molecular flexibility index (Phi) is 4.86. The molecule has 2 fully saturated rings. The number of fused-ring (bicyclic) bond motifs is 1. The summed E-state index contributed by atoms with van der Waals surface area (Å²) in [5.41, 5.74) is 0. The molecule has 26 heavy (non-hydrogen) atoms. The Labute approximate surface area is 153 Å². The lowest BCUT2D eigenvalue weighted by Gasteiger charge is -2.32. The lowest BCUT2D eigenvalue weighted by molar-refractivity contribution is -0.133. The summed E-state index contributed by atoms with van der Waals surface area (Å²) < 4.78 is 11.5. The Balaban J connectivity index is 1.16. The molecule has 0 aromatic heterocycles. The third kappa shape index (κ3) is 4.03. The fourth-order valence-electron chi connectivity index (χ4n) is 3.44. The molecule has 1 aromatic rings. The van der Waals surface area contributed by atoms with Crippen LogP contribution in [0.25, 0.3) is 0 Å². The predicted octanol–water partition coefficient (Wildman–Crippen LogP) is 1.53. The predicted molar refractivity (Wildman–Crippen MR) is 95.2 cm³/mol. The minimum absolute atomic E-state index is 0.113. The highest BCUT2D eigenvalue weighted by Gasteiger charge is 2.35. The number of piperidine rings is 1. The third-order valence-electron chi connectivity index (χ3n) is 5.13. The molecule has 1 saturated heterocycles. The van der Waals surface area contributed by atoms with Gasteiger partial charge < -0.3 is 25.0 Å². The molecule has 1 aliphatic carbocycles. The van der Waals surface area contributed by atoms with E-state index in [2.05, 4.69) is 10.6 Å². The molecule has 0 bridgehead atoms. The largest absolute Gasteiger partial charge is 0.486 e. The van der Waals surface area contributed by atoms with Gasteiger partial charge in [-0.3, -0.25) is 4.79 Å². The van der Waals surface area contributed by atoms with Crippen LogP contribution in [0.3, 0.4) is 0 Å². The SMILES string of the molecule is O=C(NC[C@H]1COc2ccccc2O1)NC1CCN(C(=O)C2CC2)CC1. The highest BCUT2D eigenvalue weighted by Crippen LogP contribution is 2.32. The third-order valence-corrected chi connectivity index (χ3v) is 5.13. The number of carbonyl (C=O) groups excluding carboxylic acids is 2. The first-order chi connectivity index (χ1) is 12.7. The molecule has 1 atom stereocenters. The summed E-state index contributed by atoms with van der Waals surface area (Å²) in [5, 5.41) is 5.85. The Morgan fingerprint density at radius 3 is 2.54 bits per heavy atom. The van der Waals surface area contributed by atoms with Crippen molar-refractivity contribution in [2.24, 2.45) is 5.92 Å². The van der Waals surface area contributed by atoms with Crippen molar-refractivity contribution in [1.82, 2.24) is 15.5 Å². The number of likely N-dealkylation sites (tertiary alicyclic amines) is 1. The molecule has 140 valence electrons. The number of carbonyl (C=O) groups is 2. The van der Waals surface area contributed by atoms with Gasteiger partial charge in [0.05, 0.1) is 6.54 Å². The number of hydrogen-bond acceptors (Lipinski definition) is 4. The summed E-state index contributed by atoms with van der Waals surface area (Å²) >= 11 is 0. The van der Waals surface area contributed by atoms with Crippen molar-refractivity contribution >= 4 is 11.9 Å². The van der Waals surface area contributed by atoms with Crippen molar-refractivity contribution in [2.75, 3.05) is 26.2 Å². The first kappa shape index (κ1) is 17.0. The Bertz CT molecular complexity index is 669. The zero-order valence-corrected chi connectivity index (χ0v) is 14.8. The van der Waals surface area contributed by atoms with Crippen LogP contribution in [0.15, 0.2) is 24.3 Å². The van der Waals surface area contributed by atoms with Gasteiger partial charge in [-0.25, -0.2) is 4.79 Å². The molecule has 2 aliphatic heterocycles. The molecule has 7 nitrogen and oxygen atoms in total. The number of hydrogen-bond donors (Lipinski definition) is 2. The van der Waals surface area contributed by atoms with E-state index in [1.807, 2.05) is 29.2 Å². The maximum atomic E-state index is 12.1. The highest BCUT2D eigenvalue weighted by atomic mass is 16.6. The number of benzene rings is 1. The molecule has 2 heterocycles. The van der Waals surface area contributed by atoms with Gasteiger partial charge >= 0.3 is 6.03 Å². The van der Waals surface area contributed by atoms with Crippen molar-refractivity contribution in [1.29, 1.82) is 0 Å². The van der Waals surface area contributed by atoms with Crippen LogP contribution in [0.5, 0.6) is 11.5 Å². The number of urea groups is 1. The van der Waals surface area contributed by atoms with Crippen molar-refractivity contribution in [3.8, 4) is 11.5 Å². The second-order valence-corrected chi connectivity index (χ2v) is 7.23. The fourth-order valence-corrected chi connectivity index (χ4v) is 3.44. The number of rotatable bonds is 4. The maximum absolute atomic E-state index is 12.1. The smallest absolute Gasteiger partial charge is 0.315 e. The number of para-hydroxylation sites is 2. The molecule has 4 rings (SSSR count). The van der Waals surface area contributed by atoms with Gasteiger partial charge in [0.25, 0.3) is 0 Å². The zero-order valence-electron chi connectivity index (χ0n) is 14.8.